The van der Waals surface area contributed by atoms with Gasteiger partial charge in [0.15, 0.2) is 0 Å². The van der Waals surface area contributed by atoms with Crippen LogP contribution in [0.2, 0.25) is 0 Å². The van der Waals surface area contributed by atoms with Crippen LogP contribution in [0.4, 0.5) is 0 Å². The molecule has 6 heteroatoms. The van der Waals surface area contributed by atoms with Crippen LogP contribution in [0.3, 0.4) is 0 Å². The van der Waals surface area contributed by atoms with Gasteiger partial charge in [-0.15, -0.1) is 0 Å². The summed E-state index contributed by atoms with van der Waals surface area (Å²) >= 11 is 0. The number of rotatable bonds is 5. The van der Waals surface area contributed by atoms with E-state index in [1.807, 2.05) is 36.1 Å². The first-order valence-corrected chi connectivity index (χ1v) is 11.0. The number of aromatic amines is 1. The molecular formula is C23H31N3O3. The van der Waals surface area contributed by atoms with Crippen LogP contribution in [0.25, 0.3) is 10.9 Å². The van der Waals surface area contributed by atoms with E-state index in [-0.39, 0.29) is 17.9 Å². The van der Waals surface area contributed by atoms with Crippen molar-refractivity contribution in [3.63, 3.8) is 0 Å². The molecule has 2 fully saturated rings. The van der Waals surface area contributed by atoms with Crippen molar-refractivity contribution in [3.05, 3.63) is 30.0 Å². The summed E-state index contributed by atoms with van der Waals surface area (Å²) in [5, 5.41) is 4.13. The van der Waals surface area contributed by atoms with E-state index in [0.29, 0.717) is 18.2 Å². The predicted molar refractivity (Wildman–Crippen MR) is 113 cm³/mol. The van der Waals surface area contributed by atoms with E-state index in [1.165, 1.54) is 19.3 Å². The number of hydrogen-bond donors (Lipinski definition) is 2. The van der Waals surface area contributed by atoms with Crippen LogP contribution in [0.15, 0.2) is 24.3 Å². The van der Waals surface area contributed by atoms with Crippen molar-refractivity contribution >= 4 is 22.7 Å². The van der Waals surface area contributed by atoms with E-state index in [4.69, 9.17) is 4.74 Å². The molecule has 0 atom stereocenters. The minimum atomic E-state index is -0.0868. The van der Waals surface area contributed by atoms with Crippen LogP contribution in [0, 0.1) is 5.92 Å². The monoisotopic (exact) mass is 397 g/mol. The number of hydrogen-bond acceptors (Lipinski definition) is 3. The summed E-state index contributed by atoms with van der Waals surface area (Å²) in [5.41, 5.74) is 1.46. The molecule has 1 aliphatic carbocycles. The molecular weight excluding hydrogens is 366 g/mol. The van der Waals surface area contributed by atoms with Crippen LogP contribution in [-0.2, 0) is 4.79 Å². The molecule has 1 aliphatic heterocycles. The van der Waals surface area contributed by atoms with Crippen LogP contribution >= 0.6 is 0 Å². The van der Waals surface area contributed by atoms with E-state index >= 15 is 0 Å². The van der Waals surface area contributed by atoms with Gasteiger partial charge in [-0.1, -0.05) is 19.3 Å². The lowest BCUT2D eigenvalue weighted by Gasteiger charge is -2.35. The lowest BCUT2D eigenvalue weighted by atomic mass is 9.87. The molecule has 2 aromatic rings. The quantitative estimate of drug-likeness (QED) is 0.804. The van der Waals surface area contributed by atoms with Gasteiger partial charge in [0.2, 0.25) is 5.91 Å². The number of aromatic nitrogens is 1. The van der Waals surface area contributed by atoms with Gasteiger partial charge in [0, 0.05) is 42.0 Å². The minimum Gasteiger partial charge on any atom is -0.494 e. The lowest BCUT2D eigenvalue weighted by Crippen LogP contribution is -2.48. The molecule has 29 heavy (non-hydrogen) atoms. The normalized spacial score (nSPS) is 18.7. The molecule has 2 heterocycles. The Morgan fingerprint density at radius 1 is 1.10 bits per heavy atom. The Balaban J connectivity index is 1.31. The first-order valence-electron chi connectivity index (χ1n) is 11.0. The maximum atomic E-state index is 12.7. The number of amides is 2. The van der Waals surface area contributed by atoms with Gasteiger partial charge >= 0.3 is 0 Å². The second kappa shape index (κ2) is 8.89. The van der Waals surface area contributed by atoms with Gasteiger partial charge in [0.1, 0.15) is 11.4 Å². The maximum Gasteiger partial charge on any atom is 0.267 e. The van der Waals surface area contributed by atoms with Crippen molar-refractivity contribution in [2.45, 2.75) is 57.9 Å². The molecule has 2 amide bonds. The van der Waals surface area contributed by atoms with Gasteiger partial charge in [-0.05, 0) is 50.8 Å². The van der Waals surface area contributed by atoms with Gasteiger partial charge in [-0.25, -0.2) is 0 Å². The fraction of sp³-hybridized carbons (Fsp3) is 0.565. The summed E-state index contributed by atoms with van der Waals surface area (Å²) in [6.45, 7) is 4.04. The number of H-pyrrole nitrogens is 1. The van der Waals surface area contributed by atoms with Crippen molar-refractivity contribution in [2.24, 2.45) is 5.92 Å². The third-order valence-electron chi connectivity index (χ3n) is 6.25. The number of likely N-dealkylation sites (tertiary alicyclic amines) is 1. The lowest BCUT2D eigenvalue weighted by molar-refractivity contribution is -0.137. The number of carbonyl (C=O) groups is 2. The minimum absolute atomic E-state index is 0.0868. The summed E-state index contributed by atoms with van der Waals surface area (Å²) in [6.07, 6.45) is 7.34. The van der Waals surface area contributed by atoms with Crippen molar-refractivity contribution in [3.8, 4) is 5.75 Å². The zero-order valence-corrected chi connectivity index (χ0v) is 17.2. The molecule has 2 aliphatic rings. The number of piperidine rings is 1. The van der Waals surface area contributed by atoms with Gasteiger partial charge in [0.05, 0.1) is 6.61 Å². The Hall–Kier alpha value is -2.50. The van der Waals surface area contributed by atoms with Crippen LogP contribution < -0.4 is 10.1 Å². The highest BCUT2D eigenvalue weighted by Gasteiger charge is 2.29. The summed E-state index contributed by atoms with van der Waals surface area (Å²) < 4.78 is 5.53. The van der Waals surface area contributed by atoms with Gasteiger partial charge in [0.25, 0.3) is 5.91 Å². The van der Waals surface area contributed by atoms with Gasteiger partial charge in [-0.2, -0.15) is 0 Å². The van der Waals surface area contributed by atoms with Crippen LogP contribution in [0.1, 0.15) is 62.4 Å². The van der Waals surface area contributed by atoms with Crippen LogP contribution in [0.5, 0.6) is 5.75 Å². The summed E-state index contributed by atoms with van der Waals surface area (Å²) in [6, 6.07) is 7.79. The zero-order chi connectivity index (χ0) is 20.2. The molecule has 1 saturated heterocycles. The SMILES string of the molecule is CCOc1ccc2cc(C(=O)NC3CCN(C(=O)C4CCCCC4)CC3)[nH]c2c1. The van der Waals surface area contributed by atoms with E-state index < -0.39 is 0 Å². The predicted octanol–water partition coefficient (Wildman–Crippen LogP) is 3.87. The Kier molecular flexibility index (Phi) is 6.07. The van der Waals surface area contributed by atoms with E-state index in [2.05, 4.69) is 10.3 Å². The fourth-order valence-electron chi connectivity index (χ4n) is 4.60. The highest BCUT2D eigenvalue weighted by Crippen LogP contribution is 2.27. The number of carbonyl (C=O) groups excluding carboxylic acids is 2. The van der Waals surface area contributed by atoms with Crippen molar-refractivity contribution in [2.75, 3.05) is 19.7 Å². The summed E-state index contributed by atoms with van der Waals surface area (Å²) in [7, 11) is 0. The smallest absolute Gasteiger partial charge is 0.267 e. The topological polar surface area (TPSA) is 74.4 Å². The first kappa shape index (κ1) is 19.8. The van der Waals surface area contributed by atoms with Crippen LogP contribution in [-0.4, -0.2) is 47.4 Å². The average Bonchev–Trinajstić information content (AvgIpc) is 3.18. The largest absolute Gasteiger partial charge is 0.494 e. The first-order chi connectivity index (χ1) is 14.1. The number of ether oxygens (including phenoxy) is 1. The number of benzene rings is 1. The average molecular weight is 398 g/mol. The van der Waals surface area contributed by atoms with Crippen molar-refractivity contribution < 1.29 is 14.3 Å². The molecule has 0 bridgehead atoms. The highest BCUT2D eigenvalue weighted by molar-refractivity contribution is 5.98. The van der Waals surface area contributed by atoms with Crippen molar-refractivity contribution in [1.82, 2.24) is 15.2 Å². The molecule has 6 nitrogen and oxygen atoms in total. The van der Waals surface area contributed by atoms with Crippen molar-refractivity contribution in [1.29, 1.82) is 0 Å². The second-order valence-corrected chi connectivity index (χ2v) is 8.27. The molecule has 0 radical (unpaired) electrons. The molecule has 0 spiro atoms. The highest BCUT2D eigenvalue weighted by atomic mass is 16.5. The molecule has 0 unspecified atom stereocenters. The summed E-state index contributed by atoms with van der Waals surface area (Å²) in [4.78, 5) is 30.6. The Morgan fingerprint density at radius 2 is 1.86 bits per heavy atom. The Bertz CT molecular complexity index is 861. The van der Waals surface area contributed by atoms with Gasteiger partial charge < -0.3 is 19.9 Å². The van der Waals surface area contributed by atoms with E-state index in [0.717, 1.165) is 55.4 Å². The molecule has 2 N–H and O–H groups in total. The number of fused-ring (bicyclic) bond motifs is 1. The molecule has 4 rings (SSSR count). The fourth-order valence-corrected chi connectivity index (χ4v) is 4.60. The molecule has 156 valence electrons. The van der Waals surface area contributed by atoms with E-state index in [1.54, 1.807) is 0 Å². The Labute approximate surface area is 172 Å². The number of nitrogens with zero attached hydrogens (tertiary/aromatic N) is 1. The maximum absolute atomic E-state index is 12.7. The van der Waals surface area contributed by atoms with Gasteiger partial charge in [-0.3, -0.25) is 9.59 Å². The van der Waals surface area contributed by atoms with E-state index in [9.17, 15) is 9.59 Å². The molecule has 1 saturated carbocycles. The molecule has 1 aromatic heterocycles. The number of nitrogens with one attached hydrogen (secondary N) is 2. The second-order valence-electron chi connectivity index (χ2n) is 8.27. The molecule has 1 aromatic carbocycles. The third kappa shape index (κ3) is 4.57. The summed E-state index contributed by atoms with van der Waals surface area (Å²) in [5.74, 6) is 1.26. The standard InChI is InChI=1S/C23H31N3O3/c1-2-29-19-9-8-17-14-21(25-20(17)15-19)22(27)24-18-10-12-26(13-11-18)23(28)16-6-4-3-5-7-16/h8-9,14-16,18,25H,2-7,10-13H2,1H3,(H,24,27). The Morgan fingerprint density at radius 3 is 2.59 bits per heavy atom. The third-order valence-corrected chi connectivity index (χ3v) is 6.25. The zero-order valence-electron chi connectivity index (χ0n) is 17.2.